The van der Waals surface area contributed by atoms with Crippen LogP contribution in [-0.2, 0) is 6.54 Å². The molecule has 0 fully saturated rings. The molecule has 32 heavy (non-hydrogen) atoms. The third kappa shape index (κ3) is 4.34. The first kappa shape index (κ1) is 21.2. The van der Waals surface area contributed by atoms with E-state index in [1.54, 1.807) is 47.6 Å². The van der Waals surface area contributed by atoms with Crippen LogP contribution in [0, 0.1) is 5.82 Å². The fourth-order valence-electron chi connectivity index (χ4n) is 3.75. The second-order valence-electron chi connectivity index (χ2n) is 7.57. The van der Waals surface area contributed by atoms with Crippen molar-refractivity contribution in [3.63, 3.8) is 0 Å². The van der Waals surface area contributed by atoms with Crippen LogP contribution < -0.4 is 0 Å². The molecular formula is C26H21FN2O3. The van der Waals surface area contributed by atoms with Crippen molar-refractivity contribution in [3.8, 4) is 0 Å². The fourth-order valence-corrected chi connectivity index (χ4v) is 3.75. The summed E-state index contributed by atoms with van der Waals surface area (Å²) in [7, 11) is 0. The Hall–Kier alpha value is -4.06. The normalized spacial score (nSPS) is 11.8. The fraction of sp³-hybridized carbons (Fsp3) is 0.115. The molecule has 0 aliphatic rings. The number of carboxylic acid groups (broad SMARTS) is 1. The number of hydrogen-bond donors (Lipinski definition) is 1. The maximum atomic E-state index is 13.8. The number of benzene rings is 3. The quantitative estimate of drug-likeness (QED) is 0.442. The minimum atomic E-state index is -1.03. The van der Waals surface area contributed by atoms with Crippen LogP contribution in [0.5, 0.6) is 0 Å². The van der Waals surface area contributed by atoms with E-state index in [2.05, 4.69) is 4.98 Å². The molecule has 6 heteroatoms. The van der Waals surface area contributed by atoms with Gasteiger partial charge in [0.1, 0.15) is 5.82 Å². The number of aromatic carboxylic acids is 1. The van der Waals surface area contributed by atoms with Crippen molar-refractivity contribution in [2.45, 2.75) is 19.5 Å². The topological polar surface area (TPSA) is 70.5 Å². The van der Waals surface area contributed by atoms with Gasteiger partial charge < -0.3 is 10.0 Å². The highest BCUT2D eigenvalue weighted by Gasteiger charge is 2.25. The Balaban J connectivity index is 1.77. The number of amides is 1. The molecule has 1 heterocycles. The molecular weight excluding hydrogens is 407 g/mol. The summed E-state index contributed by atoms with van der Waals surface area (Å²) >= 11 is 0. The molecule has 1 N–H and O–H groups in total. The van der Waals surface area contributed by atoms with E-state index in [0.29, 0.717) is 11.1 Å². The van der Waals surface area contributed by atoms with Crippen molar-refractivity contribution in [2.75, 3.05) is 0 Å². The van der Waals surface area contributed by atoms with Crippen molar-refractivity contribution in [1.29, 1.82) is 0 Å². The average molecular weight is 428 g/mol. The zero-order valence-corrected chi connectivity index (χ0v) is 17.4. The summed E-state index contributed by atoms with van der Waals surface area (Å²) in [4.78, 5) is 31.0. The number of carbonyl (C=O) groups excluding carboxylic acids is 1. The Bertz CT molecular complexity index is 1280. The molecule has 160 valence electrons. The van der Waals surface area contributed by atoms with E-state index in [1.165, 1.54) is 18.2 Å². The van der Waals surface area contributed by atoms with Crippen molar-refractivity contribution in [3.05, 3.63) is 113 Å². The molecule has 1 unspecified atom stereocenters. The molecule has 0 aliphatic heterocycles. The lowest BCUT2D eigenvalue weighted by Crippen LogP contribution is -2.33. The number of hydrogen-bond acceptors (Lipinski definition) is 3. The van der Waals surface area contributed by atoms with Gasteiger partial charge in [-0.05, 0) is 47.7 Å². The number of carboxylic acids is 1. The Morgan fingerprint density at radius 1 is 1.00 bits per heavy atom. The van der Waals surface area contributed by atoms with Gasteiger partial charge in [-0.3, -0.25) is 9.78 Å². The third-order valence-corrected chi connectivity index (χ3v) is 5.51. The predicted octanol–water partition coefficient (Wildman–Crippen LogP) is 5.48. The number of fused-ring (bicyclic) bond motifs is 1. The van der Waals surface area contributed by atoms with Crippen LogP contribution in [0.2, 0.25) is 0 Å². The second-order valence-corrected chi connectivity index (χ2v) is 7.57. The average Bonchev–Trinajstić information content (AvgIpc) is 2.82. The highest BCUT2D eigenvalue weighted by Crippen LogP contribution is 2.27. The zero-order chi connectivity index (χ0) is 22.7. The first-order valence-electron chi connectivity index (χ1n) is 10.2. The lowest BCUT2D eigenvalue weighted by atomic mass is 10.0. The van der Waals surface area contributed by atoms with Crippen LogP contribution in [-0.4, -0.2) is 26.9 Å². The van der Waals surface area contributed by atoms with E-state index in [-0.39, 0.29) is 23.8 Å². The van der Waals surface area contributed by atoms with E-state index in [9.17, 15) is 19.1 Å². The Labute approximate surface area is 184 Å². The van der Waals surface area contributed by atoms with Gasteiger partial charge in [0.15, 0.2) is 0 Å². The maximum absolute atomic E-state index is 13.8. The molecule has 4 aromatic rings. The molecule has 0 bridgehead atoms. The molecule has 0 radical (unpaired) electrons. The SMILES string of the molecule is CC(c1ccc(F)cc1)N(Cc1cccc(C(=O)O)c1)C(=O)c1cncc2ccccc12. The summed E-state index contributed by atoms with van der Waals surface area (Å²) in [5.41, 5.74) is 2.05. The lowest BCUT2D eigenvalue weighted by Gasteiger charge is -2.30. The van der Waals surface area contributed by atoms with Crippen LogP contribution in [0.25, 0.3) is 10.8 Å². The van der Waals surface area contributed by atoms with Crippen LogP contribution in [0.3, 0.4) is 0 Å². The van der Waals surface area contributed by atoms with Crippen LogP contribution in [0.4, 0.5) is 4.39 Å². The molecule has 4 rings (SSSR count). The van der Waals surface area contributed by atoms with Gasteiger partial charge in [0.2, 0.25) is 0 Å². The molecule has 1 atom stereocenters. The number of halogens is 1. The summed E-state index contributed by atoms with van der Waals surface area (Å²) in [6.07, 6.45) is 3.25. The molecule has 1 aromatic heterocycles. The summed E-state index contributed by atoms with van der Waals surface area (Å²) in [6, 6.07) is 19.6. The summed E-state index contributed by atoms with van der Waals surface area (Å²) in [5.74, 6) is -1.63. The van der Waals surface area contributed by atoms with Gasteiger partial charge in [0, 0.05) is 24.3 Å². The van der Waals surface area contributed by atoms with E-state index in [4.69, 9.17) is 0 Å². The minimum Gasteiger partial charge on any atom is -0.478 e. The van der Waals surface area contributed by atoms with Gasteiger partial charge in [0.25, 0.3) is 5.91 Å². The third-order valence-electron chi connectivity index (χ3n) is 5.51. The van der Waals surface area contributed by atoms with Gasteiger partial charge in [-0.1, -0.05) is 48.5 Å². The second kappa shape index (κ2) is 8.98. The van der Waals surface area contributed by atoms with E-state index in [0.717, 1.165) is 16.3 Å². The van der Waals surface area contributed by atoms with Crippen LogP contribution >= 0.6 is 0 Å². The highest BCUT2D eigenvalue weighted by atomic mass is 19.1. The molecule has 5 nitrogen and oxygen atoms in total. The number of rotatable bonds is 6. The smallest absolute Gasteiger partial charge is 0.335 e. The molecule has 0 spiro atoms. The van der Waals surface area contributed by atoms with Gasteiger partial charge >= 0.3 is 5.97 Å². The zero-order valence-electron chi connectivity index (χ0n) is 17.4. The highest BCUT2D eigenvalue weighted by molar-refractivity contribution is 6.06. The van der Waals surface area contributed by atoms with Crippen molar-refractivity contribution in [1.82, 2.24) is 9.88 Å². The minimum absolute atomic E-state index is 0.149. The van der Waals surface area contributed by atoms with E-state index >= 15 is 0 Å². The molecule has 0 aliphatic carbocycles. The van der Waals surface area contributed by atoms with Crippen LogP contribution in [0.15, 0.2) is 85.2 Å². The first-order chi connectivity index (χ1) is 15.4. The largest absolute Gasteiger partial charge is 0.478 e. The predicted molar refractivity (Wildman–Crippen MR) is 120 cm³/mol. The molecule has 0 saturated heterocycles. The number of nitrogens with zero attached hydrogens (tertiary/aromatic N) is 2. The van der Waals surface area contributed by atoms with E-state index < -0.39 is 12.0 Å². The monoisotopic (exact) mass is 428 g/mol. The lowest BCUT2D eigenvalue weighted by molar-refractivity contribution is 0.0675. The van der Waals surface area contributed by atoms with Crippen molar-refractivity contribution >= 4 is 22.6 Å². The Kier molecular flexibility index (Phi) is 5.94. The summed E-state index contributed by atoms with van der Waals surface area (Å²) in [6.45, 7) is 2.05. The summed E-state index contributed by atoms with van der Waals surface area (Å²) < 4.78 is 13.5. The molecule has 0 saturated carbocycles. The Morgan fingerprint density at radius 2 is 1.75 bits per heavy atom. The summed E-state index contributed by atoms with van der Waals surface area (Å²) in [5, 5.41) is 11.0. The molecule has 3 aromatic carbocycles. The van der Waals surface area contributed by atoms with Crippen LogP contribution in [0.1, 0.15) is 44.8 Å². The van der Waals surface area contributed by atoms with Crippen molar-refractivity contribution < 1.29 is 19.1 Å². The first-order valence-corrected chi connectivity index (χ1v) is 10.2. The number of aromatic nitrogens is 1. The number of pyridine rings is 1. The number of carbonyl (C=O) groups is 2. The van der Waals surface area contributed by atoms with Gasteiger partial charge in [-0.25, -0.2) is 9.18 Å². The van der Waals surface area contributed by atoms with Gasteiger partial charge in [-0.15, -0.1) is 0 Å². The van der Waals surface area contributed by atoms with Crippen molar-refractivity contribution in [2.24, 2.45) is 0 Å². The van der Waals surface area contributed by atoms with Gasteiger partial charge in [0.05, 0.1) is 17.2 Å². The Morgan fingerprint density at radius 3 is 2.50 bits per heavy atom. The standard InChI is InChI=1S/C26H21FN2O3/c1-17(19-9-11-22(27)12-10-19)29(16-18-5-4-7-20(13-18)26(31)32)25(30)24-15-28-14-21-6-2-3-8-23(21)24/h2-15,17H,16H2,1H3,(H,31,32). The molecule has 1 amide bonds. The van der Waals surface area contributed by atoms with Gasteiger partial charge in [-0.2, -0.15) is 0 Å². The van der Waals surface area contributed by atoms with E-state index in [1.807, 2.05) is 31.2 Å². The maximum Gasteiger partial charge on any atom is 0.335 e.